The van der Waals surface area contributed by atoms with E-state index in [2.05, 4.69) is 21.2 Å². The van der Waals surface area contributed by atoms with Crippen molar-refractivity contribution in [3.05, 3.63) is 58.0 Å². The Hall–Kier alpha value is -1.59. The van der Waals surface area contributed by atoms with Crippen molar-refractivity contribution in [2.75, 3.05) is 6.54 Å². The fourth-order valence-corrected chi connectivity index (χ4v) is 2.12. The average molecular weight is 338 g/mol. The quantitative estimate of drug-likeness (QED) is 0.881. The molecule has 1 atom stereocenters. The van der Waals surface area contributed by atoms with E-state index >= 15 is 0 Å². The SMILES string of the molecule is Cc1cc(C(=O)NC[C@H](O)Cc2ccccc2)oc1Br. The molecule has 1 heterocycles. The molecular weight excluding hydrogens is 322 g/mol. The number of aliphatic hydroxyl groups is 1. The van der Waals surface area contributed by atoms with Gasteiger partial charge in [-0.1, -0.05) is 30.3 Å². The van der Waals surface area contributed by atoms with Gasteiger partial charge in [0.2, 0.25) is 0 Å². The van der Waals surface area contributed by atoms with Gasteiger partial charge in [-0.05, 0) is 34.5 Å². The first kappa shape index (κ1) is 14.8. The summed E-state index contributed by atoms with van der Waals surface area (Å²) in [5.41, 5.74) is 1.89. The van der Waals surface area contributed by atoms with Crippen LogP contribution in [0, 0.1) is 6.92 Å². The van der Waals surface area contributed by atoms with Gasteiger partial charge in [0.1, 0.15) is 0 Å². The number of benzene rings is 1. The summed E-state index contributed by atoms with van der Waals surface area (Å²) in [6, 6.07) is 11.3. The summed E-state index contributed by atoms with van der Waals surface area (Å²) in [6.45, 7) is 2.03. The lowest BCUT2D eigenvalue weighted by atomic mass is 10.1. The zero-order valence-corrected chi connectivity index (χ0v) is 12.7. The number of aryl methyl sites for hydroxylation is 1. The average Bonchev–Trinajstić information content (AvgIpc) is 2.77. The summed E-state index contributed by atoms with van der Waals surface area (Å²) in [6.07, 6.45) is -0.122. The van der Waals surface area contributed by atoms with Gasteiger partial charge in [-0.3, -0.25) is 4.79 Å². The molecule has 2 rings (SSSR count). The van der Waals surface area contributed by atoms with Gasteiger partial charge in [-0.15, -0.1) is 0 Å². The number of furan rings is 1. The Balaban J connectivity index is 1.84. The standard InChI is InChI=1S/C15H16BrNO3/c1-10-7-13(20-14(10)16)15(19)17-9-12(18)8-11-5-3-2-4-6-11/h2-7,12,18H,8-9H2,1H3,(H,17,19)/t12-/m1/s1. The summed E-state index contributed by atoms with van der Waals surface area (Å²) in [7, 11) is 0. The number of nitrogens with one attached hydrogen (secondary N) is 1. The molecule has 2 aromatic rings. The normalized spacial score (nSPS) is 12.2. The predicted octanol–water partition coefficient (Wildman–Crippen LogP) is 2.68. The first-order valence-corrected chi connectivity index (χ1v) is 7.11. The van der Waals surface area contributed by atoms with Gasteiger partial charge in [0.15, 0.2) is 10.4 Å². The zero-order valence-electron chi connectivity index (χ0n) is 11.1. The highest BCUT2D eigenvalue weighted by Crippen LogP contribution is 2.20. The summed E-state index contributed by atoms with van der Waals surface area (Å²) < 4.78 is 5.80. The molecule has 0 radical (unpaired) electrons. The van der Waals surface area contributed by atoms with Crippen LogP contribution >= 0.6 is 15.9 Å². The van der Waals surface area contributed by atoms with Gasteiger partial charge in [0, 0.05) is 18.5 Å². The Morgan fingerprint density at radius 2 is 2.10 bits per heavy atom. The van der Waals surface area contributed by atoms with Crippen LogP contribution < -0.4 is 5.32 Å². The van der Waals surface area contributed by atoms with Gasteiger partial charge in [-0.2, -0.15) is 0 Å². The van der Waals surface area contributed by atoms with Crippen LogP contribution in [-0.2, 0) is 6.42 Å². The molecule has 1 aromatic carbocycles. The van der Waals surface area contributed by atoms with Crippen LogP contribution in [-0.4, -0.2) is 23.7 Å². The van der Waals surface area contributed by atoms with Crippen LogP contribution in [0.2, 0.25) is 0 Å². The minimum absolute atomic E-state index is 0.186. The molecule has 20 heavy (non-hydrogen) atoms. The third kappa shape index (κ3) is 3.95. The fraction of sp³-hybridized carbons (Fsp3) is 0.267. The van der Waals surface area contributed by atoms with E-state index in [1.54, 1.807) is 6.07 Å². The van der Waals surface area contributed by atoms with E-state index in [0.29, 0.717) is 11.1 Å². The molecular formula is C15H16BrNO3. The smallest absolute Gasteiger partial charge is 0.287 e. The minimum Gasteiger partial charge on any atom is -0.444 e. The summed E-state index contributed by atoms with van der Waals surface area (Å²) in [5.74, 6) is -0.0906. The minimum atomic E-state index is -0.624. The fourth-order valence-electron chi connectivity index (χ4n) is 1.83. The number of rotatable bonds is 5. The second kappa shape index (κ2) is 6.72. The molecule has 0 fully saturated rings. The molecule has 0 saturated heterocycles. The van der Waals surface area contributed by atoms with Crippen molar-refractivity contribution in [2.45, 2.75) is 19.4 Å². The molecule has 106 valence electrons. The molecule has 0 unspecified atom stereocenters. The van der Waals surface area contributed by atoms with Crippen molar-refractivity contribution in [3.63, 3.8) is 0 Å². The Morgan fingerprint density at radius 3 is 2.70 bits per heavy atom. The number of hydrogen-bond donors (Lipinski definition) is 2. The van der Waals surface area contributed by atoms with E-state index in [1.165, 1.54) is 0 Å². The van der Waals surface area contributed by atoms with E-state index in [-0.39, 0.29) is 18.2 Å². The Kier molecular flexibility index (Phi) is 4.98. The largest absolute Gasteiger partial charge is 0.444 e. The lowest BCUT2D eigenvalue weighted by Crippen LogP contribution is -2.33. The summed E-state index contributed by atoms with van der Waals surface area (Å²) >= 11 is 3.21. The van der Waals surface area contributed by atoms with Crippen LogP contribution in [0.4, 0.5) is 0 Å². The molecule has 5 heteroatoms. The molecule has 1 aromatic heterocycles. The third-order valence-electron chi connectivity index (χ3n) is 2.89. The first-order valence-electron chi connectivity index (χ1n) is 6.32. The van der Waals surface area contributed by atoms with Crippen molar-refractivity contribution in [2.24, 2.45) is 0 Å². The molecule has 1 amide bonds. The summed E-state index contributed by atoms with van der Waals surface area (Å²) in [4.78, 5) is 11.8. The third-order valence-corrected chi connectivity index (χ3v) is 3.68. The van der Waals surface area contributed by atoms with Gasteiger partial charge in [0.25, 0.3) is 5.91 Å². The van der Waals surface area contributed by atoms with Gasteiger partial charge < -0.3 is 14.8 Å². The maximum absolute atomic E-state index is 11.8. The molecule has 4 nitrogen and oxygen atoms in total. The van der Waals surface area contributed by atoms with Crippen LogP contribution in [0.15, 0.2) is 45.5 Å². The van der Waals surface area contributed by atoms with E-state index in [9.17, 15) is 9.90 Å². The number of aliphatic hydroxyl groups excluding tert-OH is 1. The van der Waals surface area contributed by atoms with E-state index in [1.807, 2.05) is 37.3 Å². The highest BCUT2D eigenvalue weighted by Gasteiger charge is 2.14. The number of carbonyl (C=O) groups excluding carboxylic acids is 1. The van der Waals surface area contributed by atoms with Crippen molar-refractivity contribution in [3.8, 4) is 0 Å². The second-order valence-electron chi connectivity index (χ2n) is 4.62. The molecule has 2 N–H and O–H groups in total. The summed E-state index contributed by atoms with van der Waals surface area (Å²) in [5, 5.41) is 12.6. The Morgan fingerprint density at radius 1 is 1.40 bits per heavy atom. The van der Waals surface area contributed by atoms with Crippen LogP contribution in [0.5, 0.6) is 0 Å². The predicted molar refractivity (Wildman–Crippen MR) is 79.6 cm³/mol. The van der Waals surface area contributed by atoms with E-state index < -0.39 is 6.10 Å². The van der Waals surface area contributed by atoms with Crippen LogP contribution in [0.25, 0.3) is 0 Å². The van der Waals surface area contributed by atoms with Crippen LogP contribution in [0.1, 0.15) is 21.7 Å². The number of amides is 1. The van der Waals surface area contributed by atoms with Crippen molar-refractivity contribution >= 4 is 21.8 Å². The molecule has 0 saturated carbocycles. The first-order chi connectivity index (χ1) is 9.56. The van der Waals surface area contributed by atoms with Crippen molar-refractivity contribution < 1.29 is 14.3 Å². The maximum Gasteiger partial charge on any atom is 0.287 e. The molecule has 0 aliphatic carbocycles. The Bertz CT molecular complexity index is 561. The molecule has 0 aliphatic heterocycles. The maximum atomic E-state index is 11.8. The lowest BCUT2D eigenvalue weighted by molar-refractivity contribution is 0.0887. The van der Waals surface area contributed by atoms with E-state index in [4.69, 9.17) is 4.42 Å². The van der Waals surface area contributed by atoms with Crippen LogP contribution in [0.3, 0.4) is 0 Å². The monoisotopic (exact) mass is 337 g/mol. The zero-order chi connectivity index (χ0) is 14.5. The highest BCUT2D eigenvalue weighted by atomic mass is 79.9. The lowest BCUT2D eigenvalue weighted by Gasteiger charge is -2.11. The van der Waals surface area contributed by atoms with Gasteiger partial charge in [0.05, 0.1) is 6.10 Å². The molecule has 0 aliphatic rings. The number of halogens is 1. The van der Waals surface area contributed by atoms with Crippen molar-refractivity contribution in [1.82, 2.24) is 5.32 Å². The molecule has 0 spiro atoms. The number of carbonyl (C=O) groups is 1. The van der Waals surface area contributed by atoms with Crippen molar-refractivity contribution in [1.29, 1.82) is 0 Å². The van der Waals surface area contributed by atoms with Gasteiger partial charge >= 0.3 is 0 Å². The highest BCUT2D eigenvalue weighted by molar-refractivity contribution is 9.10. The number of hydrogen-bond acceptors (Lipinski definition) is 3. The van der Waals surface area contributed by atoms with Gasteiger partial charge in [-0.25, -0.2) is 0 Å². The second-order valence-corrected chi connectivity index (χ2v) is 5.34. The van der Waals surface area contributed by atoms with E-state index in [0.717, 1.165) is 11.1 Å². The topological polar surface area (TPSA) is 62.5 Å². The Labute approximate surface area is 125 Å². The molecule has 0 bridgehead atoms.